The van der Waals surface area contributed by atoms with Crippen molar-refractivity contribution < 1.29 is 18.5 Å². The molecule has 1 aliphatic rings. The van der Waals surface area contributed by atoms with Gasteiger partial charge in [-0.3, -0.25) is 14.9 Å². The molecule has 0 N–H and O–H groups in total. The molecule has 1 aliphatic heterocycles. The number of nitro benzene ring substituents is 1. The van der Waals surface area contributed by atoms with Gasteiger partial charge in [-0.25, -0.2) is 13.5 Å². The van der Waals surface area contributed by atoms with Crippen molar-refractivity contribution in [1.29, 1.82) is 0 Å². The maximum Gasteiger partial charge on any atom is 0.272 e. The maximum atomic E-state index is 14.2. The molecule has 2 heterocycles. The number of hydrogen-bond donors (Lipinski definition) is 0. The molecule has 0 aliphatic carbocycles. The van der Waals surface area contributed by atoms with Gasteiger partial charge >= 0.3 is 0 Å². The average Bonchev–Trinajstić information content (AvgIpc) is 3.35. The number of amides is 1. The van der Waals surface area contributed by atoms with E-state index in [1.165, 1.54) is 47.1 Å². The van der Waals surface area contributed by atoms with Crippen LogP contribution in [0.15, 0.2) is 78.9 Å². The summed E-state index contributed by atoms with van der Waals surface area (Å²) in [5.74, 6) is -0.975. The number of halogens is 2. The molecule has 10 heteroatoms. The Hall–Kier alpha value is -4.60. The Bertz CT molecular complexity index is 1410. The molecule has 1 aromatic heterocycles. The molecule has 0 atom stereocenters. The van der Waals surface area contributed by atoms with Crippen molar-refractivity contribution in [3.63, 3.8) is 0 Å². The lowest BCUT2D eigenvalue weighted by molar-refractivity contribution is -0.384. The summed E-state index contributed by atoms with van der Waals surface area (Å²) in [6, 6.07) is 19.6. The zero-order valence-electron chi connectivity index (χ0n) is 19.1. The Labute approximate surface area is 205 Å². The van der Waals surface area contributed by atoms with Gasteiger partial charge < -0.3 is 9.80 Å². The number of non-ortho nitro benzene ring substituents is 1. The quantitative estimate of drug-likeness (QED) is 0.300. The second-order valence-electron chi connectivity index (χ2n) is 8.34. The van der Waals surface area contributed by atoms with Crippen molar-refractivity contribution >= 4 is 17.3 Å². The van der Waals surface area contributed by atoms with Crippen LogP contribution in [0.2, 0.25) is 0 Å². The molecule has 182 valence electrons. The summed E-state index contributed by atoms with van der Waals surface area (Å²) in [4.78, 5) is 27.7. The van der Waals surface area contributed by atoms with Gasteiger partial charge in [-0.1, -0.05) is 12.1 Å². The van der Waals surface area contributed by atoms with Crippen molar-refractivity contribution in [2.24, 2.45) is 0 Å². The molecule has 0 spiro atoms. The first-order chi connectivity index (χ1) is 17.4. The van der Waals surface area contributed by atoms with Crippen molar-refractivity contribution in [1.82, 2.24) is 14.7 Å². The molecular weight excluding hydrogens is 468 g/mol. The number of carbonyl (C=O) groups excluding carboxylic acids is 1. The topological polar surface area (TPSA) is 84.5 Å². The fourth-order valence-electron chi connectivity index (χ4n) is 4.23. The molecule has 1 amide bonds. The number of piperazine rings is 1. The second-order valence-corrected chi connectivity index (χ2v) is 8.34. The fourth-order valence-corrected chi connectivity index (χ4v) is 4.23. The number of benzene rings is 3. The van der Waals surface area contributed by atoms with Crippen LogP contribution in [-0.2, 0) is 0 Å². The Kier molecular flexibility index (Phi) is 6.16. The largest absolute Gasteiger partial charge is 0.366 e. The predicted molar refractivity (Wildman–Crippen MR) is 130 cm³/mol. The zero-order chi connectivity index (χ0) is 25.2. The molecule has 5 rings (SSSR count). The minimum absolute atomic E-state index is 0.0817. The number of anilines is 1. The van der Waals surface area contributed by atoms with Crippen LogP contribution in [0, 0.1) is 21.7 Å². The minimum Gasteiger partial charge on any atom is -0.366 e. The summed E-state index contributed by atoms with van der Waals surface area (Å²) in [5.41, 5.74) is 2.24. The van der Waals surface area contributed by atoms with Crippen LogP contribution in [0.5, 0.6) is 0 Å². The van der Waals surface area contributed by atoms with E-state index in [0.717, 1.165) is 0 Å². The van der Waals surface area contributed by atoms with Gasteiger partial charge in [0.15, 0.2) is 0 Å². The van der Waals surface area contributed by atoms with Gasteiger partial charge in [0, 0.05) is 43.9 Å². The van der Waals surface area contributed by atoms with E-state index in [1.807, 2.05) is 4.90 Å². The number of para-hydroxylation sites is 1. The third kappa shape index (κ3) is 4.52. The highest BCUT2D eigenvalue weighted by molar-refractivity contribution is 5.94. The van der Waals surface area contributed by atoms with E-state index in [-0.39, 0.29) is 23.1 Å². The van der Waals surface area contributed by atoms with Gasteiger partial charge in [0.25, 0.3) is 11.6 Å². The van der Waals surface area contributed by atoms with Crippen LogP contribution in [0.4, 0.5) is 20.2 Å². The zero-order valence-corrected chi connectivity index (χ0v) is 19.1. The molecule has 4 aromatic rings. The van der Waals surface area contributed by atoms with Crippen molar-refractivity contribution in [3.05, 3.63) is 106 Å². The van der Waals surface area contributed by atoms with Crippen molar-refractivity contribution in [3.8, 4) is 16.9 Å². The van der Waals surface area contributed by atoms with E-state index in [4.69, 9.17) is 0 Å². The Balaban J connectivity index is 1.45. The van der Waals surface area contributed by atoms with Gasteiger partial charge in [-0.15, -0.1) is 0 Å². The highest BCUT2D eigenvalue weighted by Gasteiger charge is 2.27. The fraction of sp³-hybridized carbons (Fsp3) is 0.154. The maximum absolute atomic E-state index is 14.2. The normalized spacial score (nSPS) is 13.6. The Morgan fingerprint density at radius 1 is 0.889 bits per heavy atom. The lowest BCUT2D eigenvalue weighted by Gasteiger charge is -2.36. The van der Waals surface area contributed by atoms with E-state index < -0.39 is 10.7 Å². The van der Waals surface area contributed by atoms with Crippen LogP contribution in [0.3, 0.4) is 0 Å². The van der Waals surface area contributed by atoms with E-state index >= 15 is 0 Å². The van der Waals surface area contributed by atoms with Crippen LogP contribution in [0.25, 0.3) is 16.9 Å². The molecule has 8 nitrogen and oxygen atoms in total. The van der Waals surface area contributed by atoms with Gasteiger partial charge in [-0.05, 0) is 54.6 Å². The first-order valence-electron chi connectivity index (χ1n) is 11.3. The summed E-state index contributed by atoms with van der Waals surface area (Å²) < 4.78 is 29.1. The molecule has 1 fully saturated rings. The Morgan fingerprint density at radius 3 is 2.19 bits per heavy atom. The van der Waals surface area contributed by atoms with Gasteiger partial charge in [0.1, 0.15) is 17.3 Å². The smallest absolute Gasteiger partial charge is 0.272 e. The number of hydrogen-bond acceptors (Lipinski definition) is 5. The van der Waals surface area contributed by atoms with E-state index in [9.17, 15) is 23.7 Å². The van der Waals surface area contributed by atoms with E-state index in [0.29, 0.717) is 48.8 Å². The number of carbonyl (C=O) groups is 1. The first-order valence-corrected chi connectivity index (χ1v) is 11.3. The summed E-state index contributed by atoms with van der Waals surface area (Å²) in [6.45, 7) is 1.68. The Morgan fingerprint density at radius 2 is 1.56 bits per heavy atom. The highest BCUT2D eigenvalue weighted by Crippen LogP contribution is 2.26. The second kappa shape index (κ2) is 9.57. The number of nitro groups is 1. The average molecular weight is 489 g/mol. The monoisotopic (exact) mass is 489 g/mol. The van der Waals surface area contributed by atoms with Gasteiger partial charge in [-0.2, -0.15) is 5.10 Å². The third-order valence-electron chi connectivity index (χ3n) is 6.13. The number of aromatic nitrogens is 2. The molecule has 0 saturated carbocycles. The van der Waals surface area contributed by atoms with E-state index in [2.05, 4.69) is 5.10 Å². The lowest BCUT2D eigenvalue weighted by Crippen LogP contribution is -2.49. The molecule has 0 bridgehead atoms. The summed E-state index contributed by atoms with van der Waals surface area (Å²) >= 11 is 0. The van der Waals surface area contributed by atoms with Gasteiger partial charge in [0.05, 0.1) is 22.0 Å². The molecule has 0 unspecified atom stereocenters. The number of nitrogens with zero attached hydrogens (tertiary/aromatic N) is 5. The van der Waals surface area contributed by atoms with Gasteiger partial charge in [0.2, 0.25) is 0 Å². The minimum atomic E-state index is -0.502. The summed E-state index contributed by atoms with van der Waals surface area (Å²) in [6.07, 6.45) is 0. The van der Waals surface area contributed by atoms with Crippen molar-refractivity contribution in [2.45, 2.75) is 0 Å². The van der Waals surface area contributed by atoms with Crippen LogP contribution < -0.4 is 4.90 Å². The summed E-state index contributed by atoms with van der Waals surface area (Å²) in [7, 11) is 0. The molecule has 3 aromatic carbocycles. The van der Waals surface area contributed by atoms with Crippen LogP contribution in [-0.4, -0.2) is 51.7 Å². The van der Waals surface area contributed by atoms with E-state index in [1.54, 1.807) is 41.3 Å². The third-order valence-corrected chi connectivity index (χ3v) is 6.13. The van der Waals surface area contributed by atoms with Crippen molar-refractivity contribution in [2.75, 3.05) is 31.1 Å². The molecule has 0 radical (unpaired) electrons. The highest BCUT2D eigenvalue weighted by atomic mass is 19.1. The standard InChI is InChI=1S/C26H21F2N5O3/c27-19-7-5-18(6-8-19)23-17-25(32(29-23)20-9-11-21(12-10-20)33(35)36)26(34)31-15-13-30(14-16-31)24-4-2-1-3-22(24)28/h1-12,17H,13-16H2. The SMILES string of the molecule is O=C(c1cc(-c2ccc(F)cc2)nn1-c1ccc([N+](=O)[O-])cc1)N1CCN(c2ccccc2F)CC1. The predicted octanol–water partition coefficient (Wildman–Crippen LogP) is 4.69. The summed E-state index contributed by atoms with van der Waals surface area (Å²) in [5, 5.41) is 15.6. The van der Waals surface area contributed by atoms with Crippen LogP contribution >= 0.6 is 0 Å². The lowest BCUT2D eigenvalue weighted by atomic mass is 10.1. The first kappa shape index (κ1) is 23.2. The molecule has 1 saturated heterocycles. The van der Waals surface area contributed by atoms with Crippen LogP contribution in [0.1, 0.15) is 10.5 Å². The molecule has 36 heavy (non-hydrogen) atoms. The molecular formula is C26H21F2N5O3. The number of rotatable bonds is 5.